The second-order valence-electron chi connectivity index (χ2n) is 3.12. The number of sulfonamides is 1. The molecule has 0 aliphatic carbocycles. The van der Waals surface area contributed by atoms with Gasteiger partial charge in [-0.25, -0.2) is 13.6 Å². The van der Waals surface area contributed by atoms with Gasteiger partial charge in [0.1, 0.15) is 0 Å². The largest absolute Gasteiger partial charge is 0.370 e. The number of rotatable bonds is 4. The Kier molecular flexibility index (Phi) is 4.27. The summed E-state index contributed by atoms with van der Waals surface area (Å²) in [5, 5.41) is 7.64. The monoisotopic (exact) mass is 242 g/mol. The first-order valence-electron chi connectivity index (χ1n) is 4.60. The van der Waals surface area contributed by atoms with Crippen molar-refractivity contribution in [1.82, 2.24) is 0 Å². The van der Waals surface area contributed by atoms with Crippen LogP contribution in [0, 0.1) is 0 Å². The van der Waals surface area contributed by atoms with Gasteiger partial charge in [0, 0.05) is 5.69 Å². The van der Waals surface area contributed by atoms with E-state index in [4.69, 9.17) is 10.9 Å². The topological polar surface area (TPSA) is 111 Å². The summed E-state index contributed by atoms with van der Waals surface area (Å²) in [5.74, 6) is -0.0562. The van der Waals surface area contributed by atoms with Gasteiger partial charge in [-0.15, -0.1) is 0 Å². The molecule has 0 fully saturated rings. The molecule has 16 heavy (non-hydrogen) atoms. The first-order valence-corrected chi connectivity index (χ1v) is 6.31. The van der Waals surface area contributed by atoms with Gasteiger partial charge in [-0.2, -0.15) is 0 Å². The van der Waals surface area contributed by atoms with Gasteiger partial charge in [-0.05, 0) is 12.1 Å². The molecular formula is C9H14N4O2S. The van der Waals surface area contributed by atoms with Crippen LogP contribution in [0.15, 0.2) is 35.3 Å². The zero-order valence-electron chi connectivity index (χ0n) is 8.63. The molecule has 7 heteroatoms. The molecule has 88 valence electrons. The van der Waals surface area contributed by atoms with Crippen LogP contribution in [0.25, 0.3) is 0 Å². The first-order chi connectivity index (χ1) is 7.47. The summed E-state index contributed by atoms with van der Waals surface area (Å²) in [6.45, 7) is 0.0461. The Hall–Kier alpha value is -1.60. The predicted octanol–water partition coefficient (Wildman–Crippen LogP) is -0.298. The number of guanidine groups is 1. The lowest BCUT2D eigenvalue weighted by molar-refractivity contribution is 0.597. The summed E-state index contributed by atoms with van der Waals surface area (Å²) in [7, 11) is -3.48. The highest BCUT2D eigenvalue weighted by Gasteiger charge is 2.00. The van der Waals surface area contributed by atoms with E-state index in [1.165, 1.54) is 0 Å². The average molecular weight is 242 g/mol. The molecule has 0 saturated heterocycles. The Morgan fingerprint density at radius 2 is 1.94 bits per heavy atom. The predicted molar refractivity (Wildman–Crippen MR) is 64.5 cm³/mol. The second kappa shape index (κ2) is 5.47. The Bertz CT molecular complexity index is 456. The molecule has 0 atom stereocenters. The van der Waals surface area contributed by atoms with Crippen molar-refractivity contribution in [3.05, 3.63) is 30.3 Å². The van der Waals surface area contributed by atoms with E-state index in [1.54, 1.807) is 0 Å². The number of nitrogens with zero attached hydrogens (tertiary/aromatic N) is 1. The summed E-state index contributed by atoms with van der Waals surface area (Å²) in [5.41, 5.74) is 6.33. The molecule has 0 heterocycles. The number of hydrogen-bond acceptors (Lipinski definition) is 3. The summed E-state index contributed by atoms with van der Waals surface area (Å²) >= 11 is 0. The molecule has 0 unspecified atom stereocenters. The molecule has 0 aliphatic heterocycles. The molecule has 6 nitrogen and oxygen atoms in total. The normalized spacial score (nSPS) is 12.4. The smallest absolute Gasteiger partial charge is 0.210 e. The number of hydrogen-bond donors (Lipinski definition) is 3. The van der Waals surface area contributed by atoms with E-state index in [0.717, 1.165) is 5.69 Å². The molecule has 0 amide bonds. The zero-order valence-corrected chi connectivity index (χ0v) is 9.44. The van der Waals surface area contributed by atoms with Gasteiger partial charge in [0.25, 0.3) is 0 Å². The van der Waals surface area contributed by atoms with Crippen LogP contribution >= 0.6 is 0 Å². The van der Waals surface area contributed by atoms with Crippen LogP contribution in [0.1, 0.15) is 0 Å². The van der Waals surface area contributed by atoms with E-state index in [-0.39, 0.29) is 18.3 Å². The van der Waals surface area contributed by atoms with E-state index in [9.17, 15) is 8.42 Å². The highest BCUT2D eigenvalue weighted by atomic mass is 32.2. The Morgan fingerprint density at radius 1 is 1.31 bits per heavy atom. The lowest BCUT2D eigenvalue weighted by atomic mass is 10.3. The third-order valence-electron chi connectivity index (χ3n) is 1.70. The van der Waals surface area contributed by atoms with Crippen molar-refractivity contribution in [2.24, 2.45) is 15.9 Å². The quantitative estimate of drug-likeness (QED) is 0.497. The van der Waals surface area contributed by atoms with E-state index in [2.05, 4.69) is 10.3 Å². The van der Waals surface area contributed by atoms with Crippen molar-refractivity contribution in [3.8, 4) is 0 Å². The van der Waals surface area contributed by atoms with Gasteiger partial charge in [0.05, 0.1) is 12.3 Å². The van der Waals surface area contributed by atoms with Crippen LogP contribution < -0.4 is 16.2 Å². The summed E-state index contributed by atoms with van der Waals surface area (Å²) < 4.78 is 21.2. The minimum Gasteiger partial charge on any atom is -0.370 e. The molecule has 5 N–H and O–H groups in total. The van der Waals surface area contributed by atoms with Gasteiger partial charge >= 0.3 is 0 Å². The lowest BCUT2D eigenvalue weighted by Gasteiger charge is -2.04. The van der Waals surface area contributed by atoms with Crippen molar-refractivity contribution in [2.45, 2.75) is 0 Å². The number of nitrogens with one attached hydrogen (secondary N) is 1. The molecule has 1 aromatic carbocycles. The van der Waals surface area contributed by atoms with Gasteiger partial charge < -0.3 is 11.1 Å². The van der Waals surface area contributed by atoms with Crippen molar-refractivity contribution in [3.63, 3.8) is 0 Å². The standard InChI is InChI=1S/C9H14N4O2S/c10-9(12-6-7-16(11,14)15)13-8-4-2-1-3-5-8/h1-5H,6-7H2,(H3,10,12,13)(H2,11,14,15). The Balaban J connectivity index is 2.47. The minimum atomic E-state index is -3.48. The second-order valence-corrected chi connectivity index (χ2v) is 4.86. The van der Waals surface area contributed by atoms with Crippen LogP contribution in [-0.2, 0) is 10.0 Å². The molecule has 0 bridgehead atoms. The Labute approximate surface area is 94.4 Å². The third-order valence-corrected chi connectivity index (χ3v) is 2.46. The van der Waals surface area contributed by atoms with E-state index in [0.29, 0.717) is 0 Å². The molecule has 0 saturated carbocycles. The lowest BCUT2D eigenvalue weighted by Crippen LogP contribution is -2.25. The van der Waals surface area contributed by atoms with Crippen LogP contribution in [0.4, 0.5) is 5.69 Å². The maximum atomic E-state index is 10.6. The number of aliphatic imine (C=N–C) groups is 1. The maximum Gasteiger partial charge on any atom is 0.210 e. The molecule has 0 aromatic heterocycles. The highest BCUT2D eigenvalue weighted by Crippen LogP contribution is 2.03. The van der Waals surface area contributed by atoms with Crippen molar-refractivity contribution in [1.29, 1.82) is 0 Å². The molecule has 0 aliphatic rings. The van der Waals surface area contributed by atoms with Crippen LogP contribution in [0.5, 0.6) is 0 Å². The Morgan fingerprint density at radius 3 is 2.50 bits per heavy atom. The SMILES string of the molecule is NC(=NCCS(N)(=O)=O)Nc1ccccc1. The van der Waals surface area contributed by atoms with E-state index < -0.39 is 10.0 Å². The zero-order chi connectivity index (χ0) is 12.0. The van der Waals surface area contributed by atoms with Gasteiger partial charge in [-0.1, -0.05) is 18.2 Å². The van der Waals surface area contributed by atoms with Crippen LogP contribution in [0.2, 0.25) is 0 Å². The summed E-state index contributed by atoms with van der Waals surface area (Å²) in [6.07, 6.45) is 0. The third kappa shape index (κ3) is 5.32. The highest BCUT2D eigenvalue weighted by molar-refractivity contribution is 7.89. The van der Waals surface area contributed by atoms with E-state index in [1.807, 2.05) is 30.3 Å². The molecule has 1 aromatic rings. The number of benzene rings is 1. The van der Waals surface area contributed by atoms with Crippen molar-refractivity contribution >= 4 is 21.7 Å². The first kappa shape index (κ1) is 12.5. The summed E-state index contributed by atoms with van der Waals surface area (Å²) in [4.78, 5) is 3.83. The number of para-hydroxylation sites is 1. The fourth-order valence-electron chi connectivity index (χ4n) is 1.00. The number of primary sulfonamides is 1. The summed E-state index contributed by atoms with van der Waals surface area (Å²) in [6, 6.07) is 9.21. The minimum absolute atomic E-state index is 0.0461. The van der Waals surface area contributed by atoms with E-state index >= 15 is 0 Å². The van der Waals surface area contributed by atoms with Crippen molar-refractivity contribution < 1.29 is 8.42 Å². The fourth-order valence-corrected chi connectivity index (χ4v) is 1.35. The fraction of sp³-hybridized carbons (Fsp3) is 0.222. The average Bonchev–Trinajstić information content (AvgIpc) is 2.17. The molecule has 1 rings (SSSR count). The molecular weight excluding hydrogens is 228 g/mol. The number of anilines is 1. The van der Waals surface area contributed by atoms with Crippen LogP contribution in [-0.4, -0.2) is 26.7 Å². The van der Waals surface area contributed by atoms with Crippen molar-refractivity contribution in [2.75, 3.05) is 17.6 Å². The van der Waals surface area contributed by atoms with Crippen LogP contribution in [0.3, 0.4) is 0 Å². The van der Waals surface area contributed by atoms with Gasteiger partial charge in [-0.3, -0.25) is 4.99 Å². The van der Waals surface area contributed by atoms with Gasteiger partial charge in [0.2, 0.25) is 10.0 Å². The maximum absolute atomic E-state index is 10.6. The molecule has 0 radical (unpaired) electrons. The van der Waals surface area contributed by atoms with Gasteiger partial charge in [0.15, 0.2) is 5.96 Å². The number of nitrogens with two attached hydrogens (primary N) is 2. The molecule has 0 spiro atoms.